The van der Waals surface area contributed by atoms with Gasteiger partial charge in [0.05, 0.1) is 13.2 Å². The van der Waals surface area contributed by atoms with Crippen molar-refractivity contribution < 1.29 is 9.53 Å². The number of carbonyl (C=O) groups is 1. The van der Waals surface area contributed by atoms with Gasteiger partial charge in [0.15, 0.2) is 0 Å². The Kier molecular flexibility index (Phi) is 4.15. The fourth-order valence-electron chi connectivity index (χ4n) is 2.22. The Morgan fingerprint density at radius 2 is 2.06 bits per heavy atom. The zero-order valence-corrected chi connectivity index (χ0v) is 10.2. The predicted molar refractivity (Wildman–Crippen MR) is 66.8 cm³/mol. The summed E-state index contributed by atoms with van der Waals surface area (Å²) in [5.41, 5.74) is 1.40. The Labute approximate surface area is 102 Å². The second kappa shape index (κ2) is 5.82. The number of ether oxygens (including phenoxy) is 1. The lowest BCUT2D eigenvalue weighted by molar-refractivity contribution is -0.142. The lowest BCUT2D eigenvalue weighted by Crippen LogP contribution is -2.42. The van der Waals surface area contributed by atoms with E-state index in [4.69, 9.17) is 4.74 Å². The molecule has 17 heavy (non-hydrogen) atoms. The predicted octanol–water partition coefficient (Wildman–Crippen LogP) is 2.09. The third kappa shape index (κ3) is 3.30. The Morgan fingerprint density at radius 3 is 2.71 bits per heavy atom. The number of carbonyl (C=O) groups excluding carboxylic acids is 1. The molecular formula is C14H19NO2. The summed E-state index contributed by atoms with van der Waals surface area (Å²) in [4.78, 5) is 11.2. The van der Waals surface area contributed by atoms with Gasteiger partial charge in [-0.2, -0.15) is 0 Å². The molecule has 1 aliphatic rings. The Bertz CT molecular complexity index is 358. The summed E-state index contributed by atoms with van der Waals surface area (Å²) < 4.78 is 4.87. The molecule has 0 aliphatic heterocycles. The first-order valence-electron chi connectivity index (χ1n) is 6.23. The molecule has 0 atom stereocenters. The first-order valence-corrected chi connectivity index (χ1v) is 6.23. The second-order valence-electron chi connectivity index (χ2n) is 4.46. The van der Waals surface area contributed by atoms with E-state index in [-0.39, 0.29) is 5.97 Å². The third-order valence-electron chi connectivity index (χ3n) is 3.25. The van der Waals surface area contributed by atoms with Crippen LogP contribution in [0.2, 0.25) is 0 Å². The van der Waals surface area contributed by atoms with E-state index in [9.17, 15) is 4.79 Å². The van der Waals surface area contributed by atoms with E-state index in [1.54, 1.807) is 0 Å². The fraction of sp³-hybridized carbons (Fsp3) is 0.500. The molecule has 0 unspecified atom stereocenters. The zero-order chi connectivity index (χ0) is 12.1. The molecular weight excluding hydrogens is 214 g/mol. The van der Waals surface area contributed by atoms with Crippen molar-refractivity contribution in [2.24, 2.45) is 0 Å². The highest BCUT2D eigenvalue weighted by Crippen LogP contribution is 2.36. The SMILES string of the molecule is CCOC(=O)CNC1CC(c2ccccc2)C1. The molecule has 1 aromatic rings. The van der Waals surface area contributed by atoms with Gasteiger partial charge < -0.3 is 10.1 Å². The van der Waals surface area contributed by atoms with Crippen LogP contribution in [-0.2, 0) is 9.53 Å². The smallest absolute Gasteiger partial charge is 0.319 e. The van der Waals surface area contributed by atoms with Crippen LogP contribution in [0.3, 0.4) is 0 Å². The maximum atomic E-state index is 11.2. The normalized spacial score (nSPS) is 22.9. The minimum atomic E-state index is -0.157. The molecule has 0 spiro atoms. The molecule has 0 bridgehead atoms. The van der Waals surface area contributed by atoms with Crippen LogP contribution in [0.15, 0.2) is 30.3 Å². The van der Waals surface area contributed by atoms with Crippen LogP contribution in [0.5, 0.6) is 0 Å². The fourth-order valence-corrected chi connectivity index (χ4v) is 2.22. The van der Waals surface area contributed by atoms with E-state index in [0.29, 0.717) is 25.1 Å². The summed E-state index contributed by atoms with van der Waals surface area (Å²) in [7, 11) is 0. The van der Waals surface area contributed by atoms with Gasteiger partial charge in [0.1, 0.15) is 0 Å². The molecule has 0 amide bonds. The van der Waals surface area contributed by atoms with Crippen LogP contribution in [0.4, 0.5) is 0 Å². The van der Waals surface area contributed by atoms with Crippen LogP contribution in [0.25, 0.3) is 0 Å². The molecule has 1 aliphatic carbocycles. The van der Waals surface area contributed by atoms with Crippen molar-refractivity contribution in [2.75, 3.05) is 13.2 Å². The van der Waals surface area contributed by atoms with Crippen molar-refractivity contribution >= 4 is 5.97 Å². The lowest BCUT2D eigenvalue weighted by Gasteiger charge is -2.36. The Hall–Kier alpha value is -1.35. The molecule has 0 saturated heterocycles. The van der Waals surface area contributed by atoms with Gasteiger partial charge in [0, 0.05) is 6.04 Å². The van der Waals surface area contributed by atoms with Crippen molar-refractivity contribution in [2.45, 2.75) is 31.7 Å². The van der Waals surface area contributed by atoms with Crippen molar-refractivity contribution in [1.82, 2.24) is 5.32 Å². The third-order valence-corrected chi connectivity index (χ3v) is 3.25. The van der Waals surface area contributed by atoms with Crippen LogP contribution in [-0.4, -0.2) is 25.2 Å². The molecule has 1 aromatic carbocycles. The van der Waals surface area contributed by atoms with Gasteiger partial charge in [-0.05, 0) is 31.2 Å². The molecule has 3 heteroatoms. The monoisotopic (exact) mass is 233 g/mol. The van der Waals surface area contributed by atoms with Gasteiger partial charge in [0.25, 0.3) is 0 Å². The summed E-state index contributed by atoms with van der Waals surface area (Å²) in [6.45, 7) is 2.62. The minimum Gasteiger partial charge on any atom is -0.465 e. The second-order valence-corrected chi connectivity index (χ2v) is 4.46. The summed E-state index contributed by atoms with van der Waals surface area (Å²) in [6.07, 6.45) is 2.23. The number of nitrogens with one attached hydrogen (secondary N) is 1. The molecule has 1 N–H and O–H groups in total. The highest BCUT2D eigenvalue weighted by atomic mass is 16.5. The van der Waals surface area contributed by atoms with Gasteiger partial charge in [-0.1, -0.05) is 30.3 Å². The van der Waals surface area contributed by atoms with Gasteiger partial charge in [-0.3, -0.25) is 4.79 Å². The molecule has 92 valence electrons. The zero-order valence-electron chi connectivity index (χ0n) is 10.2. The van der Waals surface area contributed by atoms with Gasteiger partial charge >= 0.3 is 5.97 Å². The number of rotatable bonds is 5. The van der Waals surface area contributed by atoms with E-state index in [1.807, 2.05) is 13.0 Å². The molecule has 0 heterocycles. The summed E-state index contributed by atoms with van der Waals surface area (Å²) in [5.74, 6) is 0.492. The number of hydrogen-bond acceptors (Lipinski definition) is 3. The van der Waals surface area contributed by atoms with E-state index in [1.165, 1.54) is 5.56 Å². The first-order chi connectivity index (χ1) is 8.29. The van der Waals surface area contributed by atoms with Crippen molar-refractivity contribution in [3.8, 4) is 0 Å². The van der Waals surface area contributed by atoms with Crippen molar-refractivity contribution in [1.29, 1.82) is 0 Å². The molecule has 0 radical (unpaired) electrons. The van der Waals surface area contributed by atoms with Crippen LogP contribution in [0, 0.1) is 0 Å². The molecule has 1 fully saturated rings. The van der Waals surface area contributed by atoms with E-state index >= 15 is 0 Å². The van der Waals surface area contributed by atoms with Gasteiger partial charge in [0.2, 0.25) is 0 Å². The standard InChI is InChI=1S/C14H19NO2/c1-2-17-14(16)10-15-13-8-12(9-13)11-6-4-3-5-7-11/h3-7,12-13,15H,2,8-10H2,1H3. The van der Waals surface area contributed by atoms with Gasteiger partial charge in [-0.25, -0.2) is 0 Å². The maximum Gasteiger partial charge on any atom is 0.319 e. The lowest BCUT2D eigenvalue weighted by atomic mass is 9.76. The molecule has 2 rings (SSSR count). The average molecular weight is 233 g/mol. The topological polar surface area (TPSA) is 38.3 Å². The summed E-state index contributed by atoms with van der Waals surface area (Å²) in [5, 5.41) is 3.23. The highest BCUT2D eigenvalue weighted by Gasteiger charge is 2.29. The number of hydrogen-bond donors (Lipinski definition) is 1. The quantitative estimate of drug-likeness (QED) is 0.791. The maximum absolute atomic E-state index is 11.2. The van der Waals surface area contributed by atoms with Crippen molar-refractivity contribution in [3.63, 3.8) is 0 Å². The average Bonchev–Trinajstić information content (AvgIpc) is 2.28. The largest absolute Gasteiger partial charge is 0.465 e. The van der Waals surface area contributed by atoms with Crippen LogP contribution >= 0.6 is 0 Å². The van der Waals surface area contributed by atoms with Crippen LogP contribution < -0.4 is 5.32 Å². The summed E-state index contributed by atoms with van der Waals surface area (Å²) in [6, 6.07) is 11.0. The molecule has 3 nitrogen and oxygen atoms in total. The Morgan fingerprint density at radius 1 is 1.35 bits per heavy atom. The highest BCUT2D eigenvalue weighted by molar-refractivity contribution is 5.71. The number of benzene rings is 1. The van der Waals surface area contributed by atoms with Crippen LogP contribution in [0.1, 0.15) is 31.2 Å². The van der Waals surface area contributed by atoms with Gasteiger partial charge in [-0.15, -0.1) is 0 Å². The molecule has 0 aromatic heterocycles. The van der Waals surface area contributed by atoms with E-state index < -0.39 is 0 Å². The minimum absolute atomic E-state index is 0.157. The first kappa shape index (κ1) is 12.1. The number of esters is 1. The van der Waals surface area contributed by atoms with Crippen molar-refractivity contribution in [3.05, 3.63) is 35.9 Å². The molecule has 1 saturated carbocycles. The van der Waals surface area contributed by atoms with E-state index in [2.05, 4.69) is 29.6 Å². The Balaban J connectivity index is 1.68. The summed E-state index contributed by atoms with van der Waals surface area (Å²) >= 11 is 0. The van der Waals surface area contributed by atoms with E-state index in [0.717, 1.165) is 12.8 Å².